The van der Waals surface area contributed by atoms with Crippen molar-refractivity contribution in [1.82, 2.24) is 5.32 Å². The van der Waals surface area contributed by atoms with E-state index < -0.39 is 18.8 Å². The van der Waals surface area contributed by atoms with Gasteiger partial charge in [-0.05, 0) is 12.8 Å². The molecule has 5 heteroatoms. The van der Waals surface area contributed by atoms with Crippen LogP contribution in [-0.2, 0) is 9.59 Å². The van der Waals surface area contributed by atoms with Gasteiger partial charge in [-0.2, -0.15) is 0 Å². The number of unbranched alkanes of at least 4 members (excludes halogenated alkanes) is 30. The molecule has 0 saturated carbocycles. The van der Waals surface area contributed by atoms with Gasteiger partial charge in [-0.1, -0.05) is 206 Å². The maximum absolute atomic E-state index is 12.5. The Morgan fingerprint density at radius 3 is 0.978 bits per heavy atom. The second-order valence-electron chi connectivity index (χ2n) is 14.4. The Hall–Kier alpha value is -0.940. The summed E-state index contributed by atoms with van der Waals surface area (Å²) in [5.74, 6) is -0.454. The minimum atomic E-state index is -1.32. The molecule has 2 atom stereocenters. The molecule has 0 aliphatic carbocycles. The molecule has 1 amide bonds. The minimum absolute atomic E-state index is 0.182. The molecule has 0 fully saturated rings. The highest BCUT2D eigenvalue weighted by Crippen LogP contribution is 2.16. The van der Waals surface area contributed by atoms with Crippen molar-refractivity contribution in [2.45, 2.75) is 244 Å². The Labute approximate surface area is 287 Å². The zero-order chi connectivity index (χ0) is 33.8. The smallest absolute Gasteiger partial charge is 0.220 e. The third-order valence-corrected chi connectivity index (χ3v) is 9.79. The summed E-state index contributed by atoms with van der Waals surface area (Å²) >= 11 is 0. The molecule has 3 N–H and O–H groups in total. The van der Waals surface area contributed by atoms with E-state index in [1.165, 1.54) is 167 Å². The van der Waals surface area contributed by atoms with Gasteiger partial charge in [0.1, 0.15) is 6.10 Å². The molecule has 5 nitrogen and oxygen atoms in total. The number of aliphatic hydroxyl groups excluding tert-OH is 2. The number of carbonyl (C=O) groups is 2. The molecule has 0 heterocycles. The van der Waals surface area contributed by atoms with Gasteiger partial charge in [0.05, 0.1) is 12.6 Å². The number of rotatable bonds is 38. The van der Waals surface area contributed by atoms with Crippen molar-refractivity contribution in [3.8, 4) is 0 Å². The predicted molar refractivity (Wildman–Crippen MR) is 198 cm³/mol. The van der Waals surface area contributed by atoms with Crippen molar-refractivity contribution < 1.29 is 19.8 Å². The number of hydrogen-bond donors (Lipinski definition) is 3. The fourth-order valence-electron chi connectivity index (χ4n) is 6.56. The Morgan fingerprint density at radius 1 is 0.435 bits per heavy atom. The van der Waals surface area contributed by atoms with E-state index in [2.05, 4.69) is 19.2 Å². The zero-order valence-corrected chi connectivity index (χ0v) is 31.1. The summed E-state index contributed by atoms with van der Waals surface area (Å²) in [5.41, 5.74) is 0. The standard InChI is InChI=1S/C41H81NO4/c1-3-5-7-9-11-13-15-17-18-19-20-21-22-24-26-28-30-32-34-36-40(45)42-38(37-43)41(46)39(44)35-33-31-29-27-25-23-16-14-12-10-8-6-4-2/h38,41,43,46H,3-37H2,1-2H3,(H,42,45). The largest absolute Gasteiger partial charge is 0.394 e. The van der Waals surface area contributed by atoms with E-state index >= 15 is 0 Å². The Bertz CT molecular complexity index is 640. The number of hydrogen-bond acceptors (Lipinski definition) is 4. The van der Waals surface area contributed by atoms with Crippen LogP contribution in [0.2, 0.25) is 0 Å². The van der Waals surface area contributed by atoms with E-state index in [1.54, 1.807) is 0 Å². The van der Waals surface area contributed by atoms with E-state index in [0.29, 0.717) is 12.8 Å². The van der Waals surface area contributed by atoms with E-state index in [1.807, 2.05) is 0 Å². The third-order valence-electron chi connectivity index (χ3n) is 9.79. The fraction of sp³-hybridized carbons (Fsp3) is 0.951. The van der Waals surface area contributed by atoms with Gasteiger partial charge in [-0.15, -0.1) is 0 Å². The summed E-state index contributed by atoms with van der Waals surface area (Å²) in [5, 5.41) is 22.8. The lowest BCUT2D eigenvalue weighted by molar-refractivity contribution is -0.131. The first-order valence-corrected chi connectivity index (χ1v) is 20.7. The lowest BCUT2D eigenvalue weighted by atomic mass is 10.0. The van der Waals surface area contributed by atoms with Crippen LogP contribution in [-0.4, -0.2) is 40.7 Å². The van der Waals surface area contributed by atoms with Crippen molar-refractivity contribution in [3.63, 3.8) is 0 Å². The normalized spacial score (nSPS) is 12.8. The summed E-state index contributed by atoms with van der Waals surface area (Å²) in [7, 11) is 0. The number of carbonyl (C=O) groups excluding carboxylic acids is 2. The van der Waals surface area contributed by atoms with Crippen LogP contribution in [0.4, 0.5) is 0 Å². The number of amides is 1. The molecule has 0 rings (SSSR count). The van der Waals surface area contributed by atoms with E-state index in [-0.39, 0.29) is 11.7 Å². The summed E-state index contributed by atoms with van der Waals surface area (Å²) < 4.78 is 0. The molecule has 274 valence electrons. The summed E-state index contributed by atoms with van der Waals surface area (Å²) in [6, 6.07) is -0.901. The molecule has 0 spiro atoms. The van der Waals surface area contributed by atoms with Gasteiger partial charge in [-0.25, -0.2) is 0 Å². The van der Waals surface area contributed by atoms with Crippen LogP contribution in [0.15, 0.2) is 0 Å². The fourth-order valence-corrected chi connectivity index (χ4v) is 6.56. The van der Waals surface area contributed by atoms with E-state index in [0.717, 1.165) is 38.5 Å². The molecular weight excluding hydrogens is 570 g/mol. The van der Waals surface area contributed by atoms with Crippen molar-refractivity contribution in [3.05, 3.63) is 0 Å². The molecule has 0 aromatic heterocycles. The monoisotopic (exact) mass is 652 g/mol. The number of nitrogens with one attached hydrogen (secondary N) is 1. The van der Waals surface area contributed by atoms with Gasteiger partial charge in [0, 0.05) is 12.8 Å². The second-order valence-corrected chi connectivity index (χ2v) is 14.4. The summed E-state index contributed by atoms with van der Waals surface area (Å²) in [6.45, 7) is 4.12. The summed E-state index contributed by atoms with van der Waals surface area (Å²) in [4.78, 5) is 24.8. The highest BCUT2D eigenvalue weighted by Gasteiger charge is 2.26. The molecule has 0 saturated heterocycles. The maximum Gasteiger partial charge on any atom is 0.220 e. The molecule has 0 bridgehead atoms. The number of aliphatic hydroxyl groups is 2. The minimum Gasteiger partial charge on any atom is -0.394 e. The highest BCUT2D eigenvalue weighted by atomic mass is 16.3. The number of ketones is 1. The predicted octanol–water partition coefficient (Wildman–Crippen LogP) is 11.7. The molecule has 0 aromatic carbocycles. The van der Waals surface area contributed by atoms with Crippen LogP contribution in [0, 0.1) is 0 Å². The van der Waals surface area contributed by atoms with Gasteiger partial charge >= 0.3 is 0 Å². The SMILES string of the molecule is CCCCCCCCCCCCCCCCCCCCCC(=O)NC(CO)C(O)C(=O)CCCCCCCCCCCCCCC. The van der Waals surface area contributed by atoms with Crippen LogP contribution in [0.1, 0.15) is 232 Å². The molecule has 2 unspecified atom stereocenters. The van der Waals surface area contributed by atoms with Crippen LogP contribution >= 0.6 is 0 Å². The van der Waals surface area contributed by atoms with Crippen molar-refractivity contribution in [2.24, 2.45) is 0 Å². The van der Waals surface area contributed by atoms with Gasteiger partial charge in [0.15, 0.2) is 5.78 Å². The molecule has 46 heavy (non-hydrogen) atoms. The lowest BCUT2D eigenvalue weighted by Gasteiger charge is -2.21. The third kappa shape index (κ3) is 31.6. The Balaban J connectivity index is 3.60. The van der Waals surface area contributed by atoms with Crippen LogP contribution in [0.3, 0.4) is 0 Å². The Morgan fingerprint density at radius 2 is 0.696 bits per heavy atom. The molecule has 0 radical (unpaired) electrons. The van der Waals surface area contributed by atoms with Crippen molar-refractivity contribution >= 4 is 11.7 Å². The first kappa shape index (κ1) is 45.1. The molecule has 0 aromatic rings. The van der Waals surface area contributed by atoms with Crippen LogP contribution in [0.25, 0.3) is 0 Å². The molecule has 0 aliphatic rings. The van der Waals surface area contributed by atoms with Crippen molar-refractivity contribution in [1.29, 1.82) is 0 Å². The highest BCUT2D eigenvalue weighted by molar-refractivity contribution is 5.85. The zero-order valence-electron chi connectivity index (χ0n) is 31.1. The second kappa shape index (κ2) is 36.9. The van der Waals surface area contributed by atoms with Crippen LogP contribution < -0.4 is 5.32 Å². The van der Waals surface area contributed by atoms with Gasteiger partial charge < -0.3 is 15.5 Å². The average molecular weight is 652 g/mol. The maximum atomic E-state index is 12.5. The quantitative estimate of drug-likeness (QED) is 0.0580. The Kier molecular flexibility index (Phi) is 36.1. The van der Waals surface area contributed by atoms with Gasteiger partial charge in [-0.3, -0.25) is 9.59 Å². The number of Topliss-reactive ketones (excluding diaryl/α,β-unsaturated/α-hetero) is 1. The van der Waals surface area contributed by atoms with E-state index in [9.17, 15) is 19.8 Å². The lowest BCUT2D eigenvalue weighted by Crippen LogP contribution is -2.49. The topological polar surface area (TPSA) is 86.6 Å². The van der Waals surface area contributed by atoms with E-state index in [4.69, 9.17) is 0 Å². The summed E-state index contributed by atoms with van der Waals surface area (Å²) in [6.07, 6.45) is 40.6. The first-order chi connectivity index (χ1) is 22.6. The molecular formula is C41H81NO4. The average Bonchev–Trinajstić information content (AvgIpc) is 3.06. The van der Waals surface area contributed by atoms with Gasteiger partial charge in [0.2, 0.25) is 5.91 Å². The van der Waals surface area contributed by atoms with Crippen LogP contribution in [0.5, 0.6) is 0 Å². The first-order valence-electron chi connectivity index (χ1n) is 20.7. The van der Waals surface area contributed by atoms with Crippen molar-refractivity contribution in [2.75, 3.05) is 6.61 Å². The van der Waals surface area contributed by atoms with Gasteiger partial charge in [0.25, 0.3) is 0 Å². The molecule has 0 aliphatic heterocycles.